The highest BCUT2D eigenvalue weighted by Crippen LogP contribution is 2.37. The van der Waals surface area contributed by atoms with E-state index in [-0.39, 0.29) is 17.7 Å². The monoisotopic (exact) mass is 433 g/mol. The average molecular weight is 435 g/mol. The van der Waals surface area contributed by atoms with E-state index in [1.807, 2.05) is 13.0 Å². The molecule has 0 bridgehead atoms. The molecular weight excluding hydrogens is 423 g/mol. The van der Waals surface area contributed by atoms with Crippen molar-refractivity contribution in [1.29, 1.82) is 0 Å². The van der Waals surface area contributed by atoms with Crippen molar-refractivity contribution in [3.05, 3.63) is 62.6 Å². The van der Waals surface area contributed by atoms with Crippen LogP contribution in [0.3, 0.4) is 0 Å². The third-order valence-electron chi connectivity index (χ3n) is 4.02. The van der Waals surface area contributed by atoms with E-state index >= 15 is 0 Å². The van der Waals surface area contributed by atoms with Gasteiger partial charge in [-0.2, -0.15) is 0 Å². The summed E-state index contributed by atoms with van der Waals surface area (Å²) >= 11 is 9.52. The minimum atomic E-state index is -4.73. The summed E-state index contributed by atoms with van der Waals surface area (Å²) in [5, 5.41) is 0.373. The number of benzene rings is 2. The molecule has 1 heterocycles. The van der Waals surface area contributed by atoms with Gasteiger partial charge in [0.05, 0.1) is 16.6 Å². The summed E-state index contributed by atoms with van der Waals surface area (Å²) in [4.78, 5) is 14.3. The molecule has 0 spiro atoms. The number of hydrogen-bond acceptors (Lipinski definition) is 2. The number of fused-ring (bicyclic) bond motifs is 1. The normalized spacial score (nSPS) is 15.3. The molecule has 3 nitrogen and oxygen atoms in total. The van der Waals surface area contributed by atoms with Crippen molar-refractivity contribution in [1.82, 2.24) is 4.90 Å². The van der Waals surface area contributed by atoms with E-state index in [1.54, 1.807) is 11.0 Å². The Morgan fingerprint density at radius 2 is 1.88 bits per heavy atom. The second kappa shape index (κ2) is 6.53. The molecule has 3 rings (SSSR count). The summed E-state index contributed by atoms with van der Waals surface area (Å²) in [5.74, 6) is -0.498. The molecule has 2 aromatic rings. The van der Waals surface area contributed by atoms with Gasteiger partial charge in [0.15, 0.2) is 0 Å². The lowest BCUT2D eigenvalue weighted by molar-refractivity contribution is -0.274. The van der Waals surface area contributed by atoms with Crippen molar-refractivity contribution < 1.29 is 22.7 Å². The first kappa shape index (κ1) is 18.1. The van der Waals surface area contributed by atoms with Gasteiger partial charge in [0, 0.05) is 11.0 Å². The number of alkyl halides is 3. The molecule has 2 aromatic carbocycles. The Hall–Kier alpha value is -1.73. The Morgan fingerprint density at radius 3 is 2.48 bits per heavy atom. The van der Waals surface area contributed by atoms with Gasteiger partial charge < -0.3 is 9.64 Å². The van der Waals surface area contributed by atoms with E-state index in [4.69, 9.17) is 11.6 Å². The van der Waals surface area contributed by atoms with Gasteiger partial charge in [0.1, 0.15) is 5.75 Å². The van der Waals surface area contributed by atoms with Crippen LogP contribution in [0.25, 0.3) is 0 Å². The molecule has 1 atom stereocenters. The lowest BCUT2D eigenvalue weighted by Crippen LogP contribution is -2.27. The van der Waals surface area contributed by atoms with Crippen LogP contribution >= 0.6 is 27.5 Å². The summed E-state index contributed by atoms with van der Waals surface area (Å²) in [6, 6.07) is 8.67. The molecule has 0 saturated heterocycles. The van der Waals surface area contributed by atoms with Gasteiger partial charge in [-0.15, -0.1) is 13.2 Å². The molecule has 25 heavy (non-hydrogen) atoms. The molecule has 0 saturated carbocycles. The molecule has 0 aliphatic carbocycles. The predicted octanol–water partition coefficient (Wildman–Crippen LogP) is 5.72. The Balaban J connectivity index is 1.81. The molecule has 0 radical (unpaired) electrons. The minimum absolute atomic E-state index is 0.199. The van der Waals surface area contributed by atoms with Gasteiger partial charge in [-0.1, -0.05) is 39.7 Å². The Bertz CT molecular complexity index is 824. The molecule has 1 aliphatic heterocycles. The fraction of sp³-hybridized carbons (Fsp3) is 0.235. The van der Waals surface area contributed by atoms with Crippen LogP contribution in [-0.4, -0.2) is 17.2 Å². The van der Waals surface area contributed by atoms with Crippen molar-refractivity contribution in [2.24, 2.45) is 0 Å². The fourth-order valence-electron chi connectivity index (χ4n) is 2.83. The molecule has 1 unspecified atom stereocenters. The number of rotatable bonds is 3. The third kappa shape index (κ3) is 3.77. The van der Waals surface area contributed by atoms with Gasteiger partial charge in [-0.25, -0.2) is 0 Å². The van der Waals surface area contributed by atoms with Crippen molar-refractivity contribution in [2.45, 2.75) is 25.9 Å². The van der Waals surface area contributed by atoms with Gasteiger partial charge in [-0.05, 0) is 42.3 Å². The number of ether oxygens (including phenoxy) is 1. The van der Waals surface area contributed by atoms with E-state index in [0.717, 1.165) is 10.0 Å². The molecule has 132 valence electrons. The highest BCUT2D eigenvalue weighted by atomic mass is 79.9. The number of hydrogen-bond donors (Lipinski definition) is 0. The first-order valence-electron chi connectivity index (χ1n) is 7.30. The topological polar surface area (TPSA) is 29.5 Å². The molecule has 8 heteroatoms. The Morgan fingerprint density at radius 1 is 1.24 bits per heavy atom. The first-order valence-corrected chi connectivity index (χ1v) is 8.47. The number of amides is 1. The molecule has 1 aliphatic rings. The van der Waals surface area contributed by atoms with Crippen LogP contribution in [-0.2, 0) is 6.54 Å². The highest BCUT2D eigenvalue weighted by Gasteiger charge is 2.34. The highest BCUT2D eigenvalue weighted by molar-refractivity contribution is 9.10. The van der Waals surface area contributed by atoms with E-state index in [9.17, 15) is 18.0 Å². The molecule has 1 amide bonds. The van der Waals surface area contributed by atoms with Crippen LogP contribution in [0, 0.1) is 0 Å². The fourth-order valence-corrected chi connectivity index (χ4v) is 3.79. The molecule has 0 fully saturated rings. The number of nitrogens with zero attached hydrogens (tertiary/aromatic N) is 1. The van der Waals surface area contributed by atoms with Crippen LogP contribution in [0.2, 0.25) is 5.02 Å². The quantitative estimate of drug-likeness (QED) is 0.618. The Kier molecular flexibility index (Phi) is 4.72. The van der Waals surface area contributed by atoms with Crippen LogP contribution < -0.4 is 4.74 Å². The number of halogens is 5. The smallest absolute Gasteiger partial charge is 0.406 e. The van der Waals surface area contributed by atoms with Gasteiger partial charge in [-0.3, -0.25) is 4.79 Å². The average Bonchev–Trinajstić information content (AvgIpc) is 2.82. The number of carbonyl (C=O) groups is 1. The Labute approximate surface area is 155 Å². The maximum absolute atomic E-state index is 12.7. The predicted molar refractivity (Wildman–Crippen MR) is 90.6 cm³/mol. The lowest BCUT2D eigenvalue weighted by Gasteiger charge is -2.25. The second-order valence-electron chi connectivity index (χ2n) is 5.65. The van der Waals surface area contributed by atoms with Crippen LogP contribution in [0.1, 0.15) is 34.5 Å². The van der Waals surface area contributed by atoms with E-state index < -0.39 is 6.36 Å². The maximum Gasteiger partial charge on any atom is 0.573 e. The molecule has 0 N–H and O–H groups in total. The largest absolute Gasteiger partial charge is 0.573 e. The van der Waals surface area contributed by atoms with Gasteiger partial charge in [0.25, 0.3) is 5.91 Å². The molecule has 0 aromatic heterocycles. The zero-order valence-corrected chi connectivity index (χ0v) is 15.2. The number of carbonyl (C=O) groups excluding carboxylic acids is 1. The summed E-state index contributed by atoms with van der Waals surface area (Å²) < 4.78 is 41.3. The zero-order chi connectivity index (χ0) is 18.4. The summed E-state index contributed by atoms with van der Waals surface area (Å²) in [6.45, 7) is 2.20. The summed E-state index contributed by atoms with van der Waals surface area (Å²) in [6.07, 6.45) is -4.73. The zero-order valence-electron chi connectivity index (χ0n) is 12.9. The van der Waals surface area contributed by atoms with E-state index in [2.05, 4.69) is 20.7 Å². The minimum Gasteiger partial charge on any atom is -0.406 e. The maximum atomic E-state index is 12.7. The third-order valence-corrected chi connectivity index (χ3v) is 4.77. The van der Waals surface area contributed by atoms with Gasteiger partial charge >= 0.3 is 6.36 Å². The van der Waals surface area contributed by atoms with Crippen LogP contribution in [0.5, 0.6) is 5.75 Å². The molecular formula is C17H12BrClF3NO2. The van der Waals surface area contributed by atoms with Crippen molar-refractivity contribution >= 4 is 33.4 Å². The first-order chi connectivity index (χ1) is 11.7. The lowest BCUT2D eigenvalue weighted by atomic mass is 10.1. The SMILES string of the molecule is CC(c1ccc(OC(F)(F)F)cc1)N1Cc2cc(Br)cc(Cl)c2C1=O. The standard InChI is InChI=1S/C17H12BrClF3NO2/c1-9(10-2-4-13(5-3-10)25-17(20,21)22)23-8-11-6-12(18)7-14(19)15(11)16(23)24/h2-7,9H,8H2,1H3. The van der Waals surface area contributed by atoms with E-state index in [0.29, 0.717) is 22.7 Å². The second-order valence-corrected chi connectivity index (χ2v) is 6.97. The van der Waals surface area contributed by atoms with Crippen molar-refractivity contribution in [2.75, 3.05) is 0 Å². The van der Waals surface area contributed by atoms with Crippen LogP contribution in [0.15, 0.2) is 40.9 Å². The summed E-state index contributed by atoms with van der Waals surface area (Å²) in [5.41, 5.74) is 1.98. The van der Waals surface area contributed by atoms with Gasteiger partial charge in [0.2, 0.25) is 0 Å². The van der Waals surface area contributed by atoms with Crippen molar-refractivity contribution in [3.8, 4) is 5.75 Å². The van der Waals surface area contributed by atoms with Crippen LogP contribution in [0.4, 0.5) is 13.2 Å². The summed E-state index contributed by atoms with van der Waals surface area (Å²) in [7, 11) is 0. The van der Waals surface area contributed by atoms with Crippen molar-refractivity contribution in [3.63, 3.8) is 0 Å². The van der Waals surface area contributed by atoms with E-state index in [1.165, 1.54) is 24.3 Å².